The molecule has 1 aliphatic rings. The third kappa shape index (κ3) is 5.82. The number of nitro groups is 1. The van der Waals surface area contributed by atoms with Crippen molar-refractivity contribution in [2.24, 2.45) is 0 Å². The van der Waals surface area contributed by atoms with Crippen molar-refractivity contribution in [3.8, 4) is 11.3 Å². The number of carbonyl (C=O) groups is 2. The first-order valence-electron chi connectivity index (χ1n) is 12.8. The van der Waals surface area contributed by atoms with E-state index in [1.54, 1.807) is 18.2 Å². The van der Waals surface area contributed by atoms with Crippen LogP contribution in [0.25, 0.3) is 11.3 Å². The summed E-state index contributed by atoms with van der Waals surface area (Å²) >= 11 is 0. The Labute approximate surface area is 225 Å². The topological polar surface area (TPSA) is 109 Å². The van der Waals surface area contributed by atoms with Crippen LogP contribution in [0.2, 0.25) is 0 Å². The van der Waals surface area contributed by atoms with Crippen LogP contribution in [0, 0.1) is 10.1 Å². The lowest BCUT2D eigenvalue weighted by Gasteiger charge is -2.36. The Bertz CT molecular complexity index is 1490. The van der Waals surface area contributed by atoms with Crippen LogP contribution < -0.4 is 10.2 Å². The molecule has 4 aromatic rings. The van der Waals surface area contributed by atoms with Crippen molar-refractivity contribution in [1.29, 1.82) is 0 Å². The Kier molecular flexibility index (Phi) is 7.40. The molecule has 0 atom stereocenters. The van der Waals surface area contributed by atoms with Crippen LogP contribution >= 0.6 is 0 Å². The van der Waals surface area contributed by atoms with Gasteiger partial charge in [0.2, 0.25) is 0 Å². The molecular weight excluding hydrogens is 496 g/mol. The number of hydrogen-bond donors (Lipinski definition) is 1. The summed E-state index contributed by atoms with van der Waals surface area (Å²) in [5.74, 6) is 0.112. The monoisotopic (exact) mass is 524 g/mol. The summed E-state index contributed by atoms with van der Waals surface area (Å²) in [5, 5.41) is 13.9. The van der Waals surface area contributed by atoms with Crippen molar-refractivity contribution in [3.05, 3.63) is 112 Å². The van der Waals surface area contributed by atoms with Crippen molar-refractivity contribution in [3.63, 3.8) is 0 Å². The molecule has 1 fully saturated rings. The first-order valence-corrected chi connectivity index (χ1v) is 12.8. The average molecular weight is 525 g/mol. The van der Waals surface area contributed by atoms with Gasteiger partial charge in [-0.2, -0.15) is 0 Å². The van der Waals surface area contributed by atoms with Gasteiger partial charge in [0.1, 0.15) is 5.76 Å². The first kappa shape index (κ1) is 25.7. The van der Waals surface area contributed by atoms with Crippen LogP contribution in [0.4, 0.5) is 17.1 Å². The number of nitrogens with one attached hydrogen (secondary N) is 1. The Morgan fingerprint density at radius 2 is 1.64 bits per heavy atom. The van der Waals surface area contributed by atoms with Crippen molar-refractivity contribution in [2.45, 2.75) is 13.3 Å². The summed E-state index contributed by atoms with van der Waals surface area (Å²) in [6.45, 7) is 4.81. The number of nitrogens with zero attached hydrogens (tertiary/aromatic N) is 3. The van der Waals surface area contributed by atoms with E-state index in [4.69, 9.17) is 4.42 Å². The van der Waals surface area contributed by atoms with Gasteiger partial charge in [0.15, 0.2) is 5.76 Å². The van der Waals surface area contributed by atoms with Gasteiger partial charge in [0.05, 0.1) is 4.92 Å². The lowest BCUT2D eigenvalue weighted by atomic mass is 10.1. The van der Waals surface area contributed by atoms with Gasteiger partial charge in [0, 0.05) is 60.8 Å². The lowest BCUT2D eigenvalue weighted by Crippen LogP contribution is -2.48. The Morgan fingerprint density at radius 1 is 0.923 bits per heavy atom. The third-order valence-electron chi connectivity index (χ3n) is 6.84. The van der Waals surface area contributed by atoms with Gasteiger partial charge in [-0.25, -0.2) is 0 Å². The average Bonchev–Trinajstić information content (AvgIpc) is 3.48. The Morgan fingerprint density at radius 3 is 2.31 bits per heavy atom. The number of aryl methyl sites for hydroxylation is 1. The van der Waals surface area contributed by atoms with E-state index in [2.05, 4.69) is 17.1 Å². The maximum Gasteiger partial charge on any atom is 0.291 e. The van der Waals surface area contributed by atoms with Gasteiger partial charge in [-0.05, 0) is 60.5 Å². The summed E-state index contributed by atoms with van der Waals surface area (Å²) in [6, 6.07) is 24.5. The standard InChI is InChI=1S/C30H28N4O5/c1-2-21-6-8-22(9-7-21)30(36)33-18-16-32(17-19-33)25-12-10-24(11-13-25)31-29(35)28-15-14-27(39-28)23-4-3-5-26(20-23)34(37)38/h3-15,20H,2,16-19H2,1H3,(H,31,35). The number of furan rings is 1. The van der Waals surface area contributed by atoms with Crippen molar-refractivity contribution >= 4 is 28.9 Å². The summed E-state index contributed by atoms with van der Waals surface area (Å²) < 4.78 is 5.66. The highest BCUT2D eigenvalue weighted by molar-refractivity contribution is 6.02. The van der Waals surface area contributed by atoms with E-state index >= 15 is 0 Å². The van der Waals surface area contributed by atoms with Gasteiger partial charge in [-0.3, -0.25) is 19.7 Å². The normalized spacial score (nSPS) is 13.3. The van der Waals surface area contributed by atoms with E-state index in [-0.39, 0.29) is 17.4 Å². The predicted molar refractivity (Wildman–Crippen MR) is 149 cm³/mol. The number of rotatable bonds is 7. The molecule has 2 heterocycles. The highest BCUT2D eigenvalue weighted by atomic mass is 16.6. The number of amides is 2. The number of anilines is 2. The molecule has 1 saturated heterocycles. The zero-order valence-corrected chi connectivity index (χ0v) is 21.5. The van der Waals surface area contributed by atoms with Crippen LogP contribution in [0.5, 0.6) is 0 Å². The molecule has 0 bridgehead atoms. The number of non-ortho nitro benzene ring substituents is 1. The maximum atomic E-state index is 12.9. The minimum absolute atomic E-state index is 0.0512. The van der Waals surface area contributed by atoms with Crippen molar-refractivity contribution in [2.75, 3.05) is 36.4 Å². The second-order valence-electron chi connectivity index (χ2n) is 9.30. The Balaban J connectivity index is 1.16. The second kappa shape index (κ2) is 11.2. The van der Waals surface area contributed by atoms with Crippen molar-refractivity contribution < 1.29 is 18.9 Å². The van der Waals surface area contributed by atoms with Crippen LogP contribution in [-0.2, 0) is 6.42 Å². The van der Waals surface area contributed by atoms with E-state index in [0.29, 0.717) is 30.1 Å². The smallest absolute Gasteiger partial charge is 0.291 e. The molecular formula is C30H28N4O5. The molecule has 198 valence electrons. The quantitative estimate of drug-likeness (QED) is 0.248. The SMILES string of the molecule is CCc1ccc(C(=O)N2CCN(c3ccc(NC(=O)c4ccc(-c5cccc([N+](=O)[O-])c5)o4)cc3)CC2)cc1. The third-order valence-corrected chi connectivity index (χ3v) is 6.84. The van der Waals surface area contributed by atoms with Crippen LogP contribution in [-0.4, -0.2) is 47.8 Å². The molecule has 2 amide bonds. The number of hydrogen-bond acceptors (Lipinski definition) is 6. The summed E-state index contributed by atoms with van der Waals surface area (Å²) in [6.07, 6.45) is 0.947. The molecule has 9 heteroatoms. The minimum Gasteiger partial charge on any atom is -0.451 e. The summed E-state index contributed by atoms with van der Waals surface area (Å²) in [7, 11) is 0. The fourth-order valence-corrected chi connectivity index (χ4v) is 4.57. The largest absolute Gasteiger partial charge is 0.451 e. The zero-order valence-electron chi connectivity index (χ0n) is 21.5. The number of piperazine rings is 1. The molecule has 3 aromatic carbocycles. The fraction of sp³-hybridized carbons (Fsp3) is 0.200. The van der Waals surface area contributed by atoms with Gasteiger partial charge >= 0.3 is 0 Å². The molecule has 0 saturated carbocycles. The second-order valence-corrected chi connectivity index (χ2v) is 9.30. The van der Waals surface area contributed by atoms with E-state index in [0.717, 1.165) is 30.8 Å². The van der Waals surface area contributed by atoms with E-state index < -0.39 is 10.8 Å². The van der Waals surface area contributed by atoms with E-state index in [1.807, 2.05) is 53.4 Å². The van der Waals surface area contributed by atoms with Gasteiger partial charge < -0.3 is 19.5 Å². The van der Waals surface area contributed by atoms with Gasteiger partial charge in [-0.15, -0.1) is 0 Å². The van der Waals surface area contributed by atoms with Crippen molar-refractivity contribution in [1.82, 2.24) is 4.90 Å². The first-order chi connectivity index (χ1) is 18.9. The predicted octanol–water partition coefficient (Wildman–Crippen LogP) is 5.63. The van der Waals surface area contributed by atoms with Crippen LogP contribution in [0.1, 0.15) is 33.4 Å². The maximum absolute atomic E-state index is 12.9. The van der Waals surface area contributed by atoms with Crippen LogP contribution in [0.3, 0.4) is 0 Å². The lowest BCUT2D eigenvalue weighted by molar-refractivity contribution is -0.384. The van der Waals surface area contributed by atoms with E-state index in [9.17, 15) is 19.7 Å². The molecule has 39 heavy (non-hydrogen) atoms. The van der Waals surface area contributed by atoms with Gasteiger partial charge in [-0.1, -0.05) is 31.2 Å². The molecule has 0 radical (unpaired) electrons. The number of nitro benzene ring substituents is 1. The molecule has 0 spiro atoms. The molecule has 5 rings (SSSR count). The summed E-state index contributed by atoms with van der Waals surface area (Å²) in [4.78, 5) is 40.2. The van der Waals surface area contributed by atoms with E-state index in [1.165, 1.54) is 23.8 Å². The molecule has 9 nitrogen and oxygen atoms in total. The highest BCUT2D eigenvalue weighted by Gasteiger charge is 2.22. The number of benzene rings is 3. The van der Waals surface area contributed by atoms with Crippen LogP contribution in [0.15, 0.2) is 89.3 Å². The minimum atomic E-state index is -0.477. The molecule has 0 aliphatic carbocycles. The fourth-order valence-electron chi connectivity index (χ4n) is 4.57. The molecule has 1 aromatic heterocycles. The zero-order chi connectivity index (χ0) is 27.4. The molecule has 1 aliphatic heterocycles. The highest BCUT2D eigenvalue weighted by Crippen LogP contribution is 2.27. The molecule has 1 N–H and O–H groups in total. The van der Waals surface area contributed by atoms with Gasteiger partial charge in [0.25, 0.3) is 17.5 Å². The Hall–Kier alpha value is -4.92. The summed E-state index contributed by atoms with van der Waals surface area (Å²) in [5.41, 5.74) is 4.02. The molecule has 0 unspecified atom stereocenters. The number of carbonyl (C=O) groups excluding carboxylic acids is 2.